The first-order chi connectivity index (χ1) is 13.0. The molecule has 1 aliphatic carbocycles. The van der Waals surface area contributed by atoms with Crippen LogP contribution in [0.2, 0.25) is 10.0 Å². The molecule has 1 saturated carbocycles. The van der Waals surface area contributed by atoms with E-state index in [1.54, 1.807) is 18.2 Å². The number of pyridine rings is 1. The first-order valence-corrected chi connectivity index (χ1v) is 10.3. The van der Waals surface area contributed by atoms with Crippen molar-refractivity contribution >= 4 is 40.3 Å². The third-order valence-corrected chi connectivity index (χ3v) is 6.00. The molecule has 2 heterocycles. The van der Waals surface area contributed by atoms with Crippen LogP contribution in [0.25, 0.3) is 0 Å². The predicted octanol–water partition coefficient (Wildman–Crippen LogP) is 5.53. The van der Waals surface area contributed by atoms with Crippen molar-refractivity contribution < 1.29 is 0 Å². The largest absolute Gasteiger partial charge is 0.379 e. The molecule has 142 valence electrons. The molecule has 2 aliphatic rings. The summed E-state index contributed by atoms with van der Waals surface area (Å²) in [5.41, 5.74) is 4.65. The Morgan fingerprint density at radius 1 is 1.30 bits per heavy atom. The summed E-state index contributed by atoms with van der Waals surface area (Å²) < 4.78 is 0. The molecular weight excluding hydrogens is 379 g/mol. The molecular formula is C21H24Cl2N4. The van der Waals surface area contributed by atoms with Crippen LogP contribution in [0.4, 0.5) is 11.4 Å². The number of anilines is 2. The van der Waals surface area contributed by atoms with Gasteiger partial charge >= 0.3 is 0 Å². The Hall–Kier alpha value is -1.78. The molecule has 2 aromatic rings. The summed E-state index contributed by atoms with van der Waals surface area (Å²) in [4.78, 5) is 7.23. The topological polar surface area (TPSA) is 52.0 Å². The molecule has 0 saturated heterocycles. The van der Waals surface area contributed by atoms with Crippen LogP contribution >= 0.6 is 23.2 Å². The standard InChI is InChI=1S/C21H24Cl2N4/c1-3-15-10-25-20-18(27(15)11-13-4-5-13)8-12(2)26-21(20)19(24)16-7-6-14(22)9-17(16)23/h6-9,13,15,24-25H,3-5,10-11H2,1-2H3. The first kappa shape index (κ1) is 18.6. The Morgan fingerprint density at radius 2 is 2.07 bits per heavy atom. The van der Waals surface area contributed by atoms with E-state index in [9.17, 15) is 0 Å². The van der Waals surface area contributed by atoms with Gasteiger partial charge in [0.25, 0.3) is 0 Å². The summed E-state index contributed by atoms with van der Waals surface area (Å²) in [6, 6.07) is 7.85. The van der Waals surface area contributed by atoms with Crippen molar-refractivity contribution in [2.24, 2.45) is 5.92 Å². The van der Waals surface area contributed by atoms with E-state index >= 15 is 0 Å². The number of hydrogen-bond acceptors (Lipinski definition) is 4. The summed E-state index contributed by atoms with van der Waals surface area (Å²) in [6.07, 6.45) is 3.74. The molecule has 1 unspecified atom stereocenters. The van der Waals surface area contributed by atoms with E-state index in [2.05, 4.69) is 23.2 Å². The van der Waals surface area contributed by atoms with Crippen LogP contribution in [-0.4, -0.2) is 29.8 Å². The molecule has 0 radical (unpaired) electrons. The van der Waals surface area contributed by atoms with Crippen LogP contribution in [0.5, 0.6) is 0 Å². The van der Waals surface area contributed by atoms with Crippen molar-refractivity contribution in [1.82, 2.24) is 4.98 Å². The normalized spacial score (nSPS) is 18.8. The lowest BCUT2D eigenvalue weighted by Gasteiger charge is -2.40. The molecule has 1 aromatic carbocycles. The van der Waals surface area contributed by atoms with Gasteiger partial charge in [-0.05, 0) is 56.4 Å². The predicted molar refractivity (Wildman–Crippen MR) is 114 cm³/mol. The Bertz CT molecular complexity index is 892. The lowest BCUT2D eigenvalue weighted by atomic mass is 10.00. The van der Waals surface area contributed by atoms with E-state index in [0.29, 0.717) is 33.1 Å². The Balaban J connectivity index is 1.78. The lowest BCUT2D eigenvalue weighted by molar-refractivity contribution is 0.562. The smallest absolute Gasteiger partial charge is 0.114 e. The highest BCUT2D eigenvalue weighted by Crippen LogP contribution is 2.40. The quantitative estimate of drug-likeness (QED) is 0.645. The number of nitrogens with one attached hydrogen (secondary N) is 2. The highest BCUT2D eigenvalue weighted by molar-refractivity contribution is 6.37. The number of aromatic nitrogens is 1. The van der Waals surface area contributed by atoms with Gasteiger partial charge in [0.05, 0.1) is 22.1 Å². The SMILES string of the molecule is CCC1CNc2c(cc(C)nc2C(=N)c2ccc(Cl)cc2Cl)N1CC1CC1. The second kappa shape index (κ2) is 7.33. The Labute approximate surface area is 170 Å². The minimum absolute atomic E-state index is 0.324. The van der Waals surface area contributed by atoms with Gasteiger partial charge in [-0.15, -0.1) is 0 Å². The van der Waals surface area contributed by atoms with Gasteiger partial charge in [0.1, 0.15) is 5.69 Å². The molecule has 0 spiro atoms. The molecule has 6 heteroatoms. The zero-order chi connectivity index (χ0) is 19.1. The molecule has 1 aromatic heterocycles. The highest BCUT2D eigenvalue weighted by atomic mass is 35.5. The van der Waals surface area contributed by atoms with E-state index in [-0.39, 0.29) is 0 Å². The van der Waals surface area contributed by atoms with Crippen molar-refractivity contribution in [3.05, 3.63) is 51.3 Å². The van der Waals surface area contributed by atoms with Gasteiger partial charge in [-0.2, -0.15) is 0 Å². The third-order valence-electron chi connectivity index (χ3n) is 5.45. The van der Waals surface area contributed by atoms with Gasteiger partial charge in [-0.1, -0.05) is 30.1 Å². The number of nitrogens with zero attached hydrogens (tertiary/aromatic N) is 2. The lowest BCUT2D eigenvalue weighted by Crippen LogP contribution is -2.45. The average molecular weight is 403 g/mol. The summed E-state index contributed by atoms with van der Waals surface area (Å²) >= 11 is 12.4. The number of rotatable bonds is 5. The molecule has 4 nitrogen and oxygen atoms in total. The molecule has 0 bridgehead atoms. The summed E-state index contributed by atoms with van der Waals surface area (Å²) in [5, 5.41) is 13.4. The number of fused-ring (bicyclic) bond motifs is 1. The molecule has 2 N–H and O–H groups in total. The summed E-state index contributed by atoms with van der Waals surface area (Å²) in [6.45, 7) is 6.19. The van der Waals surface area contributed by atoms with Crippen LogP contribution in [0.1, 0.15) is 43.1 Å². The van der Waals surface area contributed by atoms with Gasteiger partial charge in [0, 0.05) is 35.4 Å². The maximum absolute atomic E-state index is 8.79. The van der Waals surface area contributed by atoms with Crippen LogP contribution in [0.3, 0.4) is 0 Å². The van der Waals surface area contributed by atoms with Crippen molar-refractivity contribution in [3.63, 3.8) is 0 Å². The van der Waals surface area contributed by atoms with Crippen molar-refractivity contribution in [1.29, 1.82) is 5.41 Å². The van der Waals surface area contributed by atoms with Gasteiger partial charge in [-0.3, -0.25) is 5.41 Å². The van der Waals surface area contributed by atoms with Crippen molar-refractivity contribution in [2.45, 2.75) is 39.2 Å². The highest BCUT2D eigenvalue weighted by Gasteiger charge is 2.33. The maximum Gasteiger partial charge on any atom is 0.114 e. The number of halogens is 2. The molecule has 1 atom stereocenters. The summed E-state index contributed by atoms with van der Waals surface area (Å²) in [7, 11) is 0. The van der Waals surface area contributed by atoms with Gasteiger partial charge in [-0.25, -0.2) is 4.98 Å². The van der Waals surface area contributed by atoms with Crippen LogP contribution in [0.15, 0.2) is 24.3 Å². The fraction of sp³-hybridized carbons (Fsp3) is 0.429. The Kier molecular flexibility index (Phi) is 5.04. The van der Waals surface area contributed by atoms with E-state index < -0.39 is 0 Å². The van der Waals surface area contributed by atoms with E-state index in [4.69, 9.17) is 33.6 Å². The Morgan fingerprint density at radius 3 is 2.74 bits per heavy atom. The van der Waals surface area contributed by atoms with E-state index in [1.165, 1.54) is 12.8 Å². The molecule has 4 rings (SSSR count). The number of benzene rings is 1. The molecule has 27 heavy (non-hydrogen) atoms. The number of aryl methyl sites for hydroxylation is 1. The fourth-order valence-electron chi connectivity index (χ4n) is 3.77. The van der Waals surface area contributed by atoms with Crippen LogP contribution in [-0.2, 0) is 0 Å². The van der Waals surface area contributed by atoms with Crippen LogP contribution < -0.4 is 10.2 Å². The van der Waals surface area contributed by atoms with Gasteiger partial charge in [0.2, 0.25) is 0 Å². The minimum Gasteiger partial charge on any atom is -0.379 e. The van der Waals surface area contributed by atoms with E-state index in [1.807, 2.05) is 6.92 Å². The molecule has 1 fully saturated rings. The van der Waals surface area contributed by atoms with Crippen LogP contribution in [0, 0.1) is 18.3 Å². The first-order valence-electron chi connectivity index (χ1n) is 9.54. The van der Waals surface area contributed by atoms with Gasteiger partial charge in [0.15, 0.2) is 0 Å². The monoisotopic (exact) mass is 402 g/mol. The zero-order valence-electron chi connectivity index (χ0n) is 15.6. The third kappa shape index (κ3) is 3.65. The molecule has 1 aliphatic heterocycles. The second-order valence-corrected chi connectivity index (χ2v) is 8.39. The number of hydrogen-bond donors (Lipinski definition) is 2. The second-order valence-electron chi connectivity index (χ2n) is 7.54. The van der Waals surface area contributed by atoms with E-state index in [0.717, 1.165) is 42.5 Å². The fourth-order valence-corrected chi connectivity index (χ4v) is 4.28. The molecule has 0 amide bonds. The average Bonchev–Trinajstić information content (AvgIpc) is 3.45. The van der Waals surface area contributed by atoms with Gasteiger partial charge < -0.3 is 10.2 Å². The van der Waals surface area contributed by atoms with Crippen molar-refractivity contribution in [3.8, 4) is 0 Å². The maximum atomic E-state index is 8.79. The van der Waals surface area contributed by atoms with Crippen molar-refractivity contribution in [2.75, 3.05) is 23.3 Å². The zero-order valence-corrected chi connectivity index (χ0v) is 17.2. The minimum atomic E-state index is 0.324. The summed E-state index contributed by atoms with van der Waals surface area (Å²) in [5.74, 6) is 0.798.